The third-order valence-electron chi connectivity index (χ3n) is 12.0. The molecule has 21 nitrogen and oxygen atoms in total. The van der Waals surface area contributed by atoms with Crippen molar-refractivity contribution in [2.75, 3.05) is 32.7 Å². The predicted molar refractivity (Wildman–Crippen MR) is 276 cm³/mol. The second-order valence-corrected chi connectivity index (χ2v) is 21.5. The van der Waals surface area contributed by atoms with Gasteiger partial charge in [-0.15, -0.1) is 0 Å². The minimum absolute atomic E-state index is 0.0127. The van der Waals surface area contributed by atoms with E-state index in [0.29, 0.717) is 64.6 Å². The summed E-state index contributed by atoms with van der Waals surface area (Å²) in [5.74, 6) is -5.16. The Morgan fingerprint density at radius 1 is 0.542 bits per heavy atom. The summed E-state index contributed by atoms with van der Waals surface area (Å²) in [7, 11) is 0. The van der Waals surface area contributed by atoms with Crippen LogP contribution in [0.5, 0.6) is 0 Å². The van der Waals surface area contributed by atoms with Crippen LogP contribution in [-0.4, -0.2) is 138 Å². The van der Waals surface area contributed by atoms with Crippen molar-refractivity contribution in [3.63, 3.8) is 0 Å². The minimum Gasteiger partial charge on any atom is -0.356 e. The maximum atomic E-state index is 14.3. The van der Waals surface area contributed by atoms with Crippen LogP contribution in [0.2, 0.25) is 0 Å². The quantitative estimate of drug-likeness (QED) is 0.0339. The first-order valence-corrected chi connectivity index (χ1v) is 26.4. The minimum atomic E-state index is -1.13. The van der Waals surface area contributed by atoms with Crippen LogP contribution in [0.15, 0.2) is 0 Å². The molecule has 1 heterocycles. The number of amides is 10. The Kier molecular flexibility index (Phi) is 30.7. The molecule has 412 valence electrons. The van der Waals surface area contributed by atoms with Gasteiger partial charge in [-0.1, -0.05) is 75.7 Å². The molecule has 1 saturated heterocycles. The van der Waals surface area contributed by atoms with E-state index in [1.54, 1.807) is 0 Å². The number of carbonyl (C=O) groups is 10. The summed E-state index contributed by atoms with van der Waals surface area (Å²) in [6.45, 7) is 22.7. The van der Waals surface area contributed by atoms with Crippen LogP contribution in [0, 0.1) is 29.6 Å². The number of hydrogen-bond donors (Lipinski definition) is 9. The summed E-state index contributed by atoms with van der Waals surface area (Å²) in [6, 6.07) is -6.10. The third-order valence-corrected chi connectivity index (χ3v) is 12.0. The van der Waals surface area contributed by atoms with E-state index >= 15 is 0 Å². The third kappa shape index (κ3) is 26.4. The summed E-state index contributed by atoms with van der Waals surface area (Å²) in [6.07, 6.45) is 5.33. The van der Waals surface area contributed by atoms with Crippen molar-refractivity contribution in [1.82, 2.24) is 52.6 Å². The lowest BCUT2D eigenvalue weighted by Crippen LogP contribution is -2.60. The van der Waals surface area contributed by atoms with E-state index in [4.69, 9.17) is 5.73 Å². The molecule has 1 aliphatic rings. The average Bonchev–Trinajstić information content (AvgIpc) is 3.78. The average molecular weight is 1020 g/mol. The van der Waals surface area contributed by atoms with Gasteiger partial charge in [0.25, 0.3) is 5.91 Å². The Hall–Kier alpha value is -5.34. The first kappa shape index (κ1) is 64.7. The van der Waals surface area contributed by atoms with Crippen molar-refractivity contribution in [2.45, 2.75) is 203 Å². The van der Waals surface area contributed by atoms with Crippen molar-refractivity contribution in [3.05, 3.63) is 0 Å². The van der Waals surface area contributed by atoms with Gasteiger partial charge in [0.15, 0.2) is 0 Å². The Bertz CT molecular complexity index is 1780. The molecule has 1 fully saturated rings. The van der Waals surface area contributed by atoms with Crippen molar-refractivity contribution < 1.29 is 47.9 Å². The molecule has 0 aliphatic carbocycles. The van der Waals surface area contributed by atoms with E-state index in [0.717, 1.165) is 0 Å². The maximum Gasteiger partial charge on any atom is 0.260 e. The summed E-state index contributed by atoms with van der Waals surface area (Å²) in [5, 5.41) is 16.8. The highest BCUT2D eigenvalue weighted by molar-refractivity contribution is 5.97. The van der Waals surface area contributed by atoms with Gasteiger partial charge < -0.3 is 47.4 Å². The van der Waals surface area contributed by atoms with Crippen LogP contribution in [0.1, 0.15) is 167 Å². The van der Waals surface area contributed by atoms with Gasteiger partial charge >= 0.3 is 0 Å². The lowest BCUT2D eigenvalue weighted by Gasteiger charge is -2.31. The molecular weight excluding hydrogens is 927 g/mol. The van der Waals surface area contributed by atoms with Gasteiger partial charge in [0.1, 0.15) is 36.3 Å². The number of hydrazine groups is 1. The van der Waals surface area contributed by atoms with E-state index in [2.05, 4.69) is 42.8 Å². The number of unbranched alkanes of at least 4 members (excludes halogenated alkanes) is 3. The SMILES string of the molecule is CC(=O)NCCCCCC(=O)NNC(=O)[C@@H](CC(C)C)NC(=O)[C@H](CC(C)C)NC(=O)[C@H](CC(C)C)NC(=O)[C@H](CC(C)C)NC(=O)CN(CCCCN)C(=O)[C@H](CC(C)C)NC(=O)[C@@H]1CCCN1C(C)=O. The fourth-order valence-corrected chi connectivity index (χ4v) is 8.49. The molecule has 0 radical (unpaired) electrons. The normalized spacial score (nSPS) is 15.6. The van der Waals surface area contributed by atoms with Gasteiger partial charge in [0.05, 0.1) is 6.54 Å². The molecule has 0 saturated carbocycles. The van der Waals surface area contributed by atoms with Gasteiger partial charge in [-0.05, 0) is 107 Å². The maximum absolute atomic E-state index is 14.3. The summed E-state index contributed by atoms with van der Waals surface area (Å²) >= 11 is 0. The van der Waals surface area contributed by atoms with Gasteiger partial charge in [0, 0.05) is 39.9 Å². The topological polar surface area (TPSA) is 299 Å². The second kappa shape index (κ2) is 34.1. The lowest BCUT2D eigenvalue weighted by atomic mass is 9.98. The highest BCUT2D eigenvalue weighted by Gasteiger charge is 2.37. The molecule has 6 atom stereocenters. The Labute approximate surface area is 429 Å². The molecule has 0 spiro atoms. The van der Waals surface area contributed by atoms with E-state index in [9.17, 15) is 47.9 Å². The van der Waals surface area contributed by atoms with Crippen LogP contribution < -0.4 is 48.5 Å². The molecule has 0 aromatic rings. The van der Waals surface area contributed by atoms with E-state index < -0.39 is 90.1 Å². The lowest BCUT2D eigenvalue weighted by molar-refractivity contribution is -0.142. The zero-order valence-electron chi connectivity index (χ0n) is 45.6. The Morgan fingerprint density at radius 2 is 1.01 bits per heavy atom. The molecule has 21 heteroatoms. The number of nitrogens with two attached hydrogens (primary N) is 1. The molecule has 10 amide bonds. The van der Waals surface area contributed by atoms with Crippen molar-refractivity contribution in [1.29, 1.82) is 0 Å². The molecular formula is C51H93N11O10. The largest absolute Gasteiger partial charge is 0.356 e. The predicted octanol–water partition coefficient (Wildman–Crippen LogP) is 2.06. The Balaban J connectivity index is 3.27. The molecule has 72 heavy (non-hydrogen) atoms. The van der Waals surface area contributed by atoms with Crippen LogP contribution in [0.4, 0.5) is 0 Å². The summed E-state index contributed by atoms with van der Waals surface area (Å²) in [4.78, 5) is 136. The van der Waals surface area contributed by atoms with Gasteiger partial charge in [-0.2, -0.15) is 0 Å². The standard InChI is InChI=1S/C51H93N11O10/c1-31(2)25-38(54-45(66)30-61(23-17-15-21-52)51(72)42(29-35(9)10)58-50(71)43-19-18-24-62(43)37(12)64)46(67)55-39(26-32(3)4)47(68)56-40(27-33(5)6)48(69)57-41(28-34(7)8)49(70)60-59-44(65)20-14-13-16-22-53-36(11)63/h31-35,38-43H,13-30,52H2,1-12H3,(H,53,63)(H,54,66)(H,55,67)(H,56,68)(H,57,69)(H,58,71)(H,59,65)(H,60,70)/t38-,39-,40-,41+,42-,43-/m0/s1. The molecule has 10 N–H and O–H groups in total. The van der Waals surface area contributed by atoms with E-state index in [1.165, 1.54) is 23.6 Å². The van der Waals surface area contributed by atoms with Crippen LogP contribution in [0.25, 0.3) is 0 Å². The zero-order chi connectivity index (χ0) is 54.7. The molecule has 0 unspecified atom stereocenters. The monoisotopic (exact) mass is 1020 g/mol. The summed E-state index contributed by atoms with van der Waals surface area (Å²) in [5.41, 5.74) is 10.6. The molecule has 1 aliphatic heterocycles. The number of carbonyl (C=O) groups excluding carboxylic acids is 10. The van der Waals surface area contributed by atoms with Crippen molar-refractivity contribution >= 4 is 59.1 Å². The van der Waals surface area contributed by atoms with Crippen LogP contribution in [-0.2, 0) is 47.9 Å². The molecule has 0 bridgehead atoms. The Morgan fingerprint density at radius 3 is 1.47 bits per heavy atom. The van der Waals surface area contributed by atoms with Crippen LogP contribution >= 0.6 is 0 Å². The smallest absolute Gasteiger partial charge is 0.260 e. The van der Waals surface area contributed by atoms with Gasteiger partial charge in [-0.3, -0.25) is 58.8 Å². The highest BCUT2D eigenvalue weighted by atomic mass is 16.2. The number of rotatable bonds is 33. The molecule has 0 aromatic carbocycles. The number of likely N-dealkylation sites (tertiary alicyclic amines) is 1. The van der Waals surface area contributed by atoms with E-state index in [1.807, 2.05) is 69.2 Å². The van der Waals surface area contributed by atoms with E-state index in [-0.39, 0.29) is 86.5 Å². The summed E-state index contributed by atoms with van der Waals surface area (Å²) < 4.78 is 0. The van der Waals surface area contributed by atoms with Gasteiger partial charge in [0.2, 0.25) is 53.2 Å². The number of hydrogen-bond acceptors (Lipinski definition) is 11. The molecule has 0 aromatic heterocycles. The van der Waals surface area contributed by atoms with Crippen molar-refractivity contribution in [2.24, 2.45) is 35.3 Å². The number of nitrogens with one attached hydrogen (secondary N) is 8. The van der Waals surface area contributed by atoms with Crippen molar-refractivity contribution in [3.8, 4) is 0 Å². The zero-order valence-corrected chi connectivity index (χ0v) is 45.6. The fraction of sp³-hybridized carbons (Fsp3) is 0.804. The number of nitrogens with zero attached hydrogens (tertiary/aromatic N) is 2. The molecule has 1 rings (SSSR count). The van der Waals surface area contributed by atoms with Gasteiger partial charge in [-0.25, -0.2) is 0 Å². The fourth-order valence-electron chi connectivity index (χ4n) is 8.49. The first-order chi connectivity index (χ1) is 33.7. The van der Waals surface area contributed by atoms with Crippen LogP contribution in [0.3, 0.4) is 0 Å². The highest BCUT2D eigenvalue weighted by Crippen LogP contribution is 2.19. The second-order valence-electron chi connectivity index (χ2n) is 21.5. The first-order valence-electron chi connectivity index (χ1n) is 26.4.